The van der Waals surface area contributed by atoms with Crippen molar-refractivity contribution in [1.29, 1.82) is 0 Å². The van der Waals surface area contributed by atoms with Crippen LogP contribution < -0.4 is 0 Å². The van der Waals surface area contributed by atoms with Crippen LogP contribution in [0.4, 0.5) is 0 Å². The number of benzene rings is 1. The topological polar surface area (TPSA) is 73.8 Å². The largest absolute Gasteiger partial charge is 0.335 e. The number of likely N-dealkylation sites (tertiary alicyclic amines) is 1. The summed E-state index contributed by atoms with van der Waals surface area (Å²) in [5, 5.41) is 0.550. The molecule has 0 N–H and O–H groups in total. The van der Waals surface area contributed by atoms with E-state index in [0.717, 1.165) is 17.7 Å². The number of halogens is 1. The Labute approximate surface area is 182 Å². The number of sulfonamides is 1. The predicted octanol–water partition coefficient (Wildman–Crippen LogP) is 2.15. The second-order valence-corrected chi connectivity index (χ2v) is 10.1. The lowest BCUT2D eigenvalue weighted by Crippen LogP contribution is -2.53. The molecule has 1 aromatic heterocycles. The first-order valence-electron chi connectivity index (χ1n) is 10.1. The van der Waals surface area contributed by atoms with E-state index in [9.17, 15) is 13.2 Å². The average Bonchev–Trinajstić information content (AvgIpc) is 3.11. The summed E-state index contributed by atoms with van der Waals surface area (Å²) in [6.45, 7) is 4.83. The fourth-order valence-corrected chi connectivity index (χ4v) is 5.71. The molecule has 160 valence electrons. The molecule has 1 amide bonds. The molecule has 4 rings (SSSR count). The lowest BCUT2D eigenvalue weighted by molar-refractivity contribution is -0.133. The van der Waals surface area contributed by atoms with E-state index < -0.39 is 10.0 Å². The van der Waals surface area contributed by atoms with Gasteiger partial charge in [0.25, 0.3) is 0 Å². The van der Waals surface area contributed by atoms with E-state index in [1.165, 1.54) is 4.31 Å². The second-order valence-electron chi connectivity index (χ2n) is 7.74. The molecule has 30 heavy (non-hydrogen) atoms. The van der Waals surface area contributed by atoms with Gasteiger partial charge in [0.15, 0.2) is 0 Å². The maximum absolute atomic E-state index is 13.0. The van der Waals surface area contributed by atoms with Gasteiger partial charge in [0, 0.05) is 43.9 Å². The number of carbonyl (C=O) groups excluding carboxylic acids is 1. The van der Waals surface area contributed by atoms with Crippen LogP contribution in [-0.4, -0.2) is 72.2 Å². The van der Waals surface area contributed by atoms with Crippen LogP contribution in [0.1, 0.15) is 17.7 Å². The molecular weight excluding hydrogens is 424 g/mol. The maximum atomic E-state index is 13.0. The Bertz CT molecular complexity index is 1020. The SMILES string of the molecule is Cc1cc(S(=O)(=O)N2CCN(C3CCN(Cc4ccccn4)C3=O)CC2)ccc1Cl. The second kappa shape index (κ2) is 8.63. The first kappa shape index (κ1) is 21.2. The van der Waals surface area contributed by atoms with E-state index in [1.807, 2.05) is 23.1 Å². The summed E-state index contributed by atoms with van der Waals surface area (Å²) in [6.07, 6.45) is 2.49. The highest BCUT2D eigenvalue weighted by molar-refractivity contribution is 7.89. The van der Waals surface area contributed by atoms with Crippen molar-refractivity contribution in [2.24, 2.45) is 0 Å². The first-order valence-corrected chi connectivity index (χ1v) is 11.9. The Morgan fingerprint density at radius 2 is 1.87 bits per heavy atom. The van der Waals surface area contributed by atoms with Crippen molar-refractivity contribution >= 4 is 27.5 Å². The predicted molar refractivity (Wildman–Crippen MR) is 115 cm³/mol. The summed E-state index contributed by atoms with van der Waals surface area (Å²) in [6, 6.07) is 10.3. The highest BCUT2D eigenvalue weighted by atomic mass is 35.5. The van der Waals surface area contributed by atoms with E-state index in [4.69, 9.17) is 11.6 Å². The molecule has 0 spiro atoms. The number of nitrogens with zero attached hydrogens (tertiary/aromatic N) is 4. The first-order chi connectivity index (χ1) is 14.4. The van der Waals surface area contributed by atoms with Gasteiger partial charge in [-0.15, -0.1) is 0 Å². The highest BCUT2D eigenvalue weighted by Gasteiger charge is 2.38. The Balaban J connectivity index is 1.37. The van der Waals surface area contributed by atoms with Crippen molar-refractivity contribution in [3.05, 3.63) is 58.9 Å². The molecule has 1 unspecified atom stereocenters. The van der Waals surface area contributed by atoms with Crippen LogP contribution in [0.2, 0.25) is 5.02 Å². The quantitative estimate of drug-likeness (QED) is 0.700. The molecule has 0 bridgehead atoms. The Hall–Kier alpha value is -2.00. The van der Waals surface area contributed by atoms with Crippen LogP contribution in [0.25, 0.3) is 0 Å². The summed E-state index contributed by atoms with van der Waals surface area (Å²) in [4.78, 5) is 21.4. The summed E-state index contributed by atoms with van der Waals surface area (Å²) in [5.74, 6) is 0.102. The van der Waals surface area contributed by atoms with Crippen LogP contribution in [0.5, 0.6) is 0 Å². The summed E-state index contributed by atoms with van der Waals surface area (Å²) in [5.41, 5.74) is 1.61. The van der Waals surface area contributed by atoms with Crippen molar-refractivity contribution in [3.63, 3.8) is 0 Å². The Morgan fingerprint density at radius 1 is 1.10 bits per heavy atom. The fourth-order valence-electron chi connectivity index (χ4n) is 4.09. The minimum atomic E-state index is -3.57. The average molecular weight is 449 g/mol. The van der Waals surface area contributed by atoms with Gasteiger partial charge in [-0.05, 0) is 49.2 Å². The monoisotopic (exact) mass is 448 g/mol. The normalized spacial score (nSPS) is 21.3. The van der Waals surface area contributed by atoms with Gasteiger partial charge in [0.2, 0.25) is 15.9 Å². The zero-order valence-corrected chi connectivity index (χ0v) is 18.4. The molecule has 0 radical (unpaired) electrons. The molecule has 0 saturated carbocycles. The van der Waals surface area contributed by atoms with Crippen LogP contribution >= 0.6 is 11.6 Å². The smallest absolute Gasteiger partial charge is 0.243 e. The summed E-state index contributed by atoms with van der Waals surface area (Å²) >= 11 is 6.03. The van der Waals surface area contributed by atoms with Gasteiger partial charge in [-0.1, -0.05) is 17.7 Å². The zero-order chi connectivity index (χ0) is 21.3. The van der Waals surface area contributed by atoms with Crippen molar-refractivity contribution in [2.45, 2.75) is 30.8 Å². The van der Waals surface area contributed by atoms with Gasteiger partial charge < -0.3 is 4.90 Å². The van der Waals surface area contributed by atoms with Crippen molar-refractivity contribution < 1.29 is 13.2 Å². The molecule has 1 atom stereocenters. The van der Waals surface area contributed by atoms with Gasteiger partial charge in [-0.3, -0.25) is 14.7 Å². The van der Waals surface area contributed by atoms with Crippen LogP contribution in [0.15, 0.2) is 47.5 Å². The van der Waals surface area contributed by atoms with Crippen LogP contribution in [0, 0.1) is 6.92 Å². The number of amides is 1. The van der Waals surface area contributed by atoms with E-state index in [-0.39, 0.29) is 16.8 Å². The molecule has 0 aliphatic carbocycles. The number of pyridine rings is 1. The van der Waals surface area contributed by atoms with Crippen molar-refractivity contribution in [2.75, 3.05) is 32.7 Å². The number of rotatable bonds is 5. The molecule has 2 aliphatic rings. The van der Waals surface area contributed by atoms with Crippen LogP contribution in [0.3, 0.4) is 0 Å². The standard InChI is InChI=1S/C21H25ClN4O3S/c1-16-14-18(5-6-19(16)22)30(28,29)26-12-10-24(11-13-26)20-7-9-25(21(20)27)15-17-4-2-3-8-23-17/h2-6,8,14,20H,7,9-13,15H2,1H3. The molecule has 2 aromatic rings. The lowest BCUT2D eigenvalue weighted by atomic mass is 10.2. The van der Waals surface area contributed by atoms with Gasteiger partial charge >= 0.3 is 0 Å². The third-order valence-corrected chi connectivity index (χ3v) is 8.15. The zero-order valence-electron chi connectivity index (χ0n) is 16.9. The van der Waals surface area contributed by atoms with Gasteiger partial charge in [-0.25, -0.2) is 8.42 Å². The minimum Gasteiger partial charge on any atom is -0.335 e. The van der Waals surface area contributed by atoms with Gasteiger partial charge in [0.1, 0.15) is 0 Å². The van der Waals surface area contributed by atoms with Crippen molar-refractivity contribution in [3.8, 4) is 0 Å². The number of aryl methyl sites for hydroxylation is 1. The molecular formula is C21H25ClN4O3S. The third kappa shape index (κ3) is 4.23. The summed E-state index contributed by atoms with van der Waals surface area (Å²) < 4.78 is 27.5. The van der Waals surface area contributed by atoms with E-state index >= 15 is 0 Å². The lowest BCUT2D eigenvalue weighted by Gasteiger charge is -2.36. The number of piperazine rings is 1. The minimum absolute atomic E-state index is 0.102. The number of carbonyl (C=O) groups is 1. The molecule has 2 fully saturated rings. The molecule has 9 heteroatoms. The highest BCUT2D eigenvalue weighted by Crippen LogP contribution is 2.25. The number of aromatic nitrogens is 1. The van der Waals surface area contributed by atoms with Gasteiger partial charge in [-0.2, -0.15) is 4.31 Å². The fraction of sp³-hybridized carbons (Fsp3) is 0.429. The number of hydrogen-bond donors (Lipinski definition) is 0. The van der Waals surface area contributed by atoms with E-state index in [0.29, 0.717) is 44.3 Å². The van der Waals surface area contributed by atoms with E-state index in [1.54, 1.807) is 31.3 Å². The van der Waals surface area contributed by atoms with E-state index in [2.05, 4.69) is 9.88 Å². The third-order valence-electron chi connectivity index (χ3n) is 5.83. The molecule has 3 heterocycles. The molecule has 7 nitrogen and oxygen atoms in total. The van der Waals surface area contributed by atoms with Crippen LogP contribution in [-0.2, 0) is 21.4 Å². The Morgan fingerprint density at radius 3 is 2.53 bits per heavy atom. The van der Waals surface area contributed by atoms with Gasteiger partial charge in [0.05, 0.1) is 23.2 Å². The Kier molecular flexibility index (Phi) is 6.11. The maximum Gasteiger partial charge on any atom is 0.243 e. The molecule has 2 aliphatic heterocycles. The van der Waals surface area contributed by atoms with Crippen molar-refractivity contribution in [1.82, 2.24) is 19.1 Å². The molecule has 2 saturated heterocycles. The summed E-state index contributed by atoms with van der Waals surface area (Å²) in [7, 11) is -3.57. The number of hydrogen-bond acceptors (Lipinski definition) is 5. The molecule has 1 aromatic carbocycles.